The number of hydrogen-bond donors (Lipinski definition) is 1. The van der Waals surface area contributed by atoms with Crippen LogP contribution in [0.4, 0.5) is 8.78 Å². The third kappa shape index (κ3) is 4.52. The van der Waals surface area contributed by atoms with E-state index in [0.717, 1.165) is 12.0 Å². The highest BCUT2D eigenvalue weighted by Gasteiger charge is 2.42. The standard InChI is InChI=1S/C21H23F2N5O/c22-15-3-1-13(2-4-15)14-7-19(28-11-16(23)9-17(25)12-28)20(8-14)29-21-6-5-18(10-24)26-27-21/h1-6,14,16-17,19-20H,7-9,11-12,25H2. The Bertz CT molecular complexity index is 860. The molecule has 152 valence electrons. The van der Waals surface area contributed by atoms with Crippen molar-refractivity contribution in [3.05, 3.63) is 53.5 Å². The molecule has 0 bridgehead atoms. The fourth-order valence-electron chi connectivity index (χ4n) is 4.47. The molecule has 29 heavy (non-hydrogen) atoms. The summed E-state index contributed by atoms with van der Waals surface area (Å²) in [6, 6.07) is 11.4. The molecule has 1 aromatic heterocycles. The molecule has 1 aromatic carbocycles. The van der Waals surface area contributed by atoms with Crippen molar-refractivity contribution in [2.24, 2.45) is 5.73 Å². The zero-order valence-corrected chi connectivity index (χ0v) is 15.9. The molecule has 0 spiro atoms. The van der Waals surface area contributed by atoms with Crippen molar-refractivity contribution in [3.8, 4) is 11.9 Å². The molecule has 1 aliphatic carbocycles. The molecule has 2 fully saturated rings. The van der Waals surface area contributed by atoms with Gasteiger partial charge in [-0.25, -0.2) is 8.78 Å². The summed E-state index contributed by atoms with van der Waals surface area (Å²) in [7, 11) is 0. The molecule has 6 nitrogen and oxygen atoms in total. The van der Waals surface area contributed by atoms with Crippen LogP contribution < -0.4 is 10.5 Å². The summed E-state index contributed by atoms with van der Waals surface area (Å²) in [5.74, 6) is 0.219. The first-order chi connectivity index (χ1) is 14.0. The SMILES string of the molecule is N#Cc1ccc(OC2CC(c3ccc(F)cc3)CC2N2CC(N)CC(F)C2)nn1. The predicted octanol–water partition coefficient (Wildman–Crippen LogP) is 2.55. The van der Waals surface area contributed by atoms with Crippen LogP contribution >= 0.6 is 0 Å². The summed E-state index contributed by atoms with van der Waals surface area (Å²) in [4.78, 5) is 2.07. The van der Waals surface area contributed by atoms with Crippen molar-refractivity contribution in [2.45, 2.75) is 49.5 Å². The van der Waals surface area contributed by atoms with Gasteiger partial charge in [-0.15, -0.1) is 10.2 Å². The van der Waals surface area contributed by atoms with E-state index >= 15 is 0 Å². The molecule has 2 N–H and O–H groups in total. The molecule has 0 radical (unpaired) electrons. The largest absolute Gasteiger partial charge is 0.472 e. The van der Waals surface area contributed by atoms with Gasteiger partial charge in [0.05, 0.1) is 0 Å². The highest BCUT2D eigenvalue weighted by atomic mass is 19.1. The molecule has 5 unspecified atom stereocenters. The lowest BCUT2D eigenvalue weighted by molar-refractivity contribution is 0.0365. The van der Waals surface area contributed by atoms with Gasteiger partial charge < -0.3 is 10.5 Å². The molecular weight excluding hydrogens is 376 g/mol. The topological polar surface area (TPSA) is 88.1 Å². The Kier molecular flexibility index (Phi) is 5.69. The van der Waals surface area contributed by atoms with E-state index in [1.54, 1.807) is 24.3 Å². The Labute approximate surface area is 168 Å². The monoisotopic (exact) mass is 399 g/mol. The van der Waals surface area contributed by atoms with Crippen LogP contribution in [0.2, 0.25) is 0 Å². The number of alkyl halides is 1. The molecule has 4 rings (SSSR count). The minimum absolute atomic E-state index is 0.0351. The second kappa shape index (κ2) is 8.39. The van der Waals surface area contributed by atoms with Crippen molar-refractivity contribution >= 4 is 0 Å². The van der Waals surface area contributed by atoms with E-state index < -0.39 is 6.17 Å². The van der Waals surface area contributed by atoms with Crippen LogP contribution in [-0.2, 0) is 0 Å². The molecule has 2 heterocycles. The average molecular weight is 399 g/mol. The molecule has 0 amide bonds. The number of piperidine rings is 1. The summed E-state index contributed by atoms with van der Waals surface area (Å²) in [5.41, 5.74) is 7.31. The molecule has 1 saturated carbocycles. The summed E-state index contributed by atoms with van der Waals surface area (Å²) in [6.07, 6.45) is 0.640. The van der Waals surface area contributed by atoms with Crippen LogP contribution in [0.25, 0.3) is 0 Å². The molecule has 1 saturated heterocycles. The van der Waals surface area contributed by atoms with Crippen LogP contribution in [0, 0.1) is 17.1 Å². The van der Waals surface area contributed by atoms with E-state index in [1.807, 2.05) is 6.07 Å². The zero-order chi connectivity index (χ0) is 20.4. The molecular formula is C21H23F2N5O. The first kappa shape index (κ1) is 19.7. The molecule has 1 aliphatic heterocycles. The Balaban J connectivity index is 1.56. The summed E-state index contributed by atoms with van der Waals surface area (Å²) >= 11 is 0. The van der Waals surface area contributed by atoms with E-state index in [-0.39, 0.29) is 35.6 Å². The van der Waals surface area contributed by atoms with Gasteiger partial charge in [0.15, 0.2) is 5.69 Å². The van der Waals surface area contributed by atoms with E-state index in [4.69, 9.17) is 15.7 Å². The van der Waals surface area contributed by atoms with Gasteiger partial charge in [0, 0.05) is 31.2 Å². The third-order valence-corrected chi connectivity index (χ3v) is 5.77. The number of ether oxygens (including phenoxy) is 1. The summed E-state index contributed by atoms with van der Waals surface area (Å²) < 4.78 is 33.6. The molecule has 5 atom stereocenters. The van der Waals surface area contributed by atoms with Crippen molar-refractivity contribution in [2.75, 3.05) is 13.1 Å². The quantitative estimate of drug-likeness (QED) is 0.850. The number of benzene rings is 1. The molecule has 2 aliphatic rings. The first-order valence-corrected chi connectivity index (χ1v) is 9.81. The van der Waals surface area contributed by atoms with Gasteiger partial charge in [-0.05, 0) is 48.9 Å². The maximum absolute atomic E-state index is 14.2. The number of hydrogen-bond acceptors (Lipinski definition) is 6. The van der Waals surface area contributed by atoms with E-state index in [2.05, 4.69) is 15.1 Å². The maximum Gasteiger partial charge on any atom is 0.233 e. The summed E-state index contributed by atoms with van der Waals surface area (Å²) in [6.45, 7) is 0.938. The highest BCUT2D eigenvalue weighted by molar-refractivity contribution is 5.25. The van der Waals surface area contributed by atoms with Crippen LogP contribution in [-0.4, -0.2) is 52.5 Å². The normalized spacial score (nSPS) is 30.1. The first-order valence-electron chi connectivity index (χ1n) is 9.81. The highest BCUT2D eigenvalue weighted by Crippen LogP contribution is 2.39. The van der Waals surface area contributed by atoms with Crippen LogP contribution in [0.1, 0.15) is 36.4 Å². The molecule has 8 heteroatoms. The zero-order valence-electron chi connectivity index (χ0n) is 15.9. The van der Waals surface area contributed by atoms with Gasteiger partial charge in [0.1, 0.15) is 24.2 Å². The van der Waals surface area contributed by atoms with Crippen LogP contribution in [0.15, 0.2) is 36.4 Å². The number of rotatable bonds is 4. The van der Waals surface area contributed by atoms with Gasteiger partial charge in [0.2, 0.25) is 5.88 Å². The Morgan fingerprint density at radius 2 is 1.86 bits per heavy atom. The Morgan fingerprint density at radius 3 is 2.52 bits per heavy atom. The molecule has 2 aromatic rings. The van der Waals surface area contributed by atoms with Crippen molar-refractivity contribution in [1.82, 2.24) is 15.1 Å². The second-order valence-electron chi connectivity index (χ2n) is 7.86. The number of aromatic nitrogens is 2. The van der Waals surface area contributed by atoms with E-state index in [1.165, 1.54) is 12.1 Å². The van der Waals surface area contributed by atoms with Crippen LogP contribution in [0.3, 0.4) is 0 Å². The van der Waals surface area contributed by atoms with Gasteiger partial charge in [-0.3, -0.25) is 4.90 Å². The predicted molar refractivity (Wildman–Crippen MR) is 102 cm³/mol. The fraction of sp³-hybridized carbons (Fsp3) is 0.476. The lowest BCUT2D eigenvalue weighted by Crippen LogP contribution is -2.54. The number of nitrogens with two attached hydrogens (primary N) is 1. The average Bonchev–Trinajstić information content (AvgIpc) is 3.12. The number of likely N-dealkylation sites (tertiary alicyclic amines) is 1. The maximum atomic E-state index is 14.2. The fourth-order valence-corrected chi connectivity index (χ4v) is 4.47. The van der Waals surface area contributed by atoms with E-state index in [0.29, 0.717) is 31.8 Å². The minimum atomic E-state index is -0.959. The number of nitriles is 1. The number of halogens is 2. The van der Waals surface area contributed by atoms with Crippen molar-refractivity contribution in [1.29, 1.82) is 5.26 Å². The van der Waals surface area contributed by atoms with Gasteiger partial charge in [-0.1, -0.05) is 12.1 Å². The van der Waals surface area contributed by atoms with E-state index in [9.17, 15) is 8.78 Å². The summed E-state index contributed by atoms with van der Waals surface area (Å²) in [5, 5.41) is 16.7. The lowest BCUT2D eigenvalue weighted by Gasteiger charge is -2.39. The lowest BCUT2D eigenvalue weighted by atomic mass is 9.96. The number of nitrogens with zero attached hydrogens (tertiary/aromatic N) is 4. The van der Waals surface area contributed by atoms with Crippen molar-refractivity contribution < 1.29 is 13.5 Å². The van der Waals surface area contributed by atoms with Gasteiger partial charge in [-0.2, -0.15) is 5.26 Å². The van der Waals surface area contributed by atoms with Crippen molar-refractivity contribution in [3.63, 3.8) is 0 Å². The minimum Gasteiger partial charge on any atom is -0.472 e. The van der Waals surface area contributed by atoms with Crippen LogP contribution in [0.5, 0.6) is 5.88 Å². The van der Waals surface area contributed by atoms with Gasteiger partial charge in [0.25, 0.3) is 0 Å². The third-order valence-electron chi connectivity index (χ3n) is 5.77. The Hall–Kier alpha value is -2.63. The Morgan fingerprint density at radius 1 is 1.07 bits per heavy atom. The smallest absolute Gasteiger partial charge is 0.233 e. The second-order valence-corrected chi connectivity index (χ2v) is 7.86. The van der Waals surface area contributed by atoms with Gasteiger partial charge >= 0.3 is 0 Å².